The number of hydrogen-bond acceptors (Lipinski definition) is 7. The molecule has 6 nitrogen and oxygen atoms in total. The third-order valence-electron chi connectivity index (χ3n) is 3.32. The Bertz CT molecular complexity index is 825. The molecule has 124 valence electrons. The first-order chi connectivity index (χ1) is 11.5. The molecule has 0 fully saturated rings. The lowest BCUT2D eigenvalue weighted by Gasteiger charge is -2.10. The minimum Gasteiger partial charge on any atom is -0.418 e. The highest BCUT2D eigenvalue weighted by atomic mass is 32.2. The molecule has 0 aliphatic carbocycles. The maximum atomic E-state index is 9.92. The Hall–Kier alpha value is -2.38. The molecule has 2 heterocycles. The van der Waals surface area contributed by atoms with Crippen LogP contribution in [0, 0.1) is 0 Å². The molecule has 0 bridgehead atoms. The van der Waals surface area contributed by atoms with Gasteiger partial charge in [0.1, 0.15) is 11.4 Å². The van der Waals surface area contributed by atoms with Crippen LogP contribution in [0.1, 0.15) is 19.7 Å². The van der Waals surface area contributed by atoms with Crippen molar-refractivity contribution in [3.63, 3.8) is 0 Å². The summed E-state index contributed by atoms with van der Waals surface area (Å²) in [6, 6.07) is 11.7. The fourth-order valence-corrected chi connectivity index (χ4v) is 2.45. The molecule has 0 amide bonds. The topological polar surface area (TPSA) is 84.1 Å². The van der Waals surface area contributed by atoms with Crippen molar-refractivity contribution < 1.29 is 9.52 Å². The van der Waals surface area contributed by atoms with Crippen molar-refractivity contribution in [3.05, 3.63) is 48.5 Å². The number of rotatable bonds is 5. The second-order valence-corrected chi connectivity index (χ2v) is 6.63. The predicted octanol–water partition coefficient (Wildman–Crippen LogP) is 3.82. The van der Waals surface area contributed by atoms with Crippen LogP contribution < -0.4 is 5.32 Å². The van der Waals surface area contributed by atoms with Crippen molar-refractivity contribution in [2.24, 2.45) is 0 Å². The summed E-state index contributed by atoms with van der Waals surface area (Å²) in [5.41, 5.74) is 0.509. The van der Waals surface area contributed by atoms with E-state index < -0.39 is 5.60 Å². The molecule has 2 N–H and O–H groups in total. The van der Waals surface area contributed by atoms with Crippen molar-refractivity contribution in [2.75, 3.05) is 11.6 Å². The van der Waals surface area contributed by atoms with Gasteiger partial charge < -0.3 is 14.8 Å². The molecule has 0 spiro atoms. The molecule has 1 aromatic carbocycles. The van der Waals surface area contributed by atoms with Crippen LogP contribution in [0.3, 0.4) is 0 Å². The summed E-state index contributed by atoms with van der Waals surface area (Å²) in [6.45, 7) is 3.20. The maximum absolute atomic E-state index is 9.92. The molecule has 0 atom stereocenters. The molecule has 0 aliphatic rings. The first-order valence-corrected chi connectivity index (χ1v) is 8.62. The van der Waals surface area contributed by atoms with Crippen LogP contribution in [0.2, 0.25) is 0 Å². The van der Waals surface area contributed by atoms with E-state index in [0.29, 0.717) is 11.7 Å². The second kappa shape index (κ2) is 6.62. The largest absolute Gasteiger partial charge is 0.418 e. The summed E-state index contributed by atoms with van der Waals surface area (Å²) in [7, 11) is 0. The number of benzene rings is 1. The molecule has 2 aromatic heterocycles. The van der Waals surface area contributed by atoms with E-state index in [9.17, 15) is 5.11 Å². The van der Waals surface area contributed by atoms with Crippen molar-refractivity contribution in [3.8, 4) is 11.5 Å². The zero-order chi connectivity index (χ0) is 17.2. The highest BCUT2D eigenvalue weighted by Crippen LogP contribution is 2.26. The van der Waals surface area contributed by atoms with E-state index in [1.54, 1.807) is 37.9 Å². The average molecular weight is 342 g/mol. The summed E-state index contributed by atoms with van der Waals surface area (Å²) >= 11 is 1.70. The van der Waals surface area contributed by atoms with Gasteiger partial charge in [0.05, 0.1) is 0 Å². The van der Waals surface area contributed by atoms with Gasteiger partial charge in [-0.25, -0.2) is 4.98 Å². The first-order valence-electron chi connectivity index (χ1n) is 7.39. The maximum Gasteiger partial charge on any atom is 0.248 e. The molecule has 7 heteroatoms. The summed E-state index contributed by atoms with van der Waals surface area (Å²) < 4.78 is 5.54. The molecule has 0 saturated carbocycles. The fraction of sp³-hybridized carbons (Fsp3) is 0.235. The van der Waals surface area contributed by atoms with Crippen LogP contribution in [0.5, 0.6) is 0 Å². The highest BCUT2D eigenvalue weighted by Gasteiger charge is 2.24. The summed E-state index contributed by atoms with van der Waals surface area (Å²) in [4.78, 5) is 5.50. The lowest BCUT2D eigenvalue weighted by molar-refractivity contribution is 0.0488. The van der Waals surface area contributed by atoms with Gasteiger partial charge in [0, 0.05) is 22.3 Å². The predicted molar refractivity (Wildman–Crippen MR) is 94.3 cm³/mol. The number of anilines is 2. The number of pyridine rings is 1. The second-order valence-electron chi connectivity index (χ2n) is 5.75. The molecule has 0 aliphatic heterocycles. The number of aliphatic hydroxyl groups is 1. The third kappa shape index (κ3) is 3.74. The minimum atomic E-state index is -1.17. The molecule has 0 radical (unpaired) electrons. The lowest BCUT2D eigenvalue weighted by atomic mass is 10.1. The standard InChI is InChI=1S/C17H18N4O2S/c1-17(2,22)16-21-20-15(23-16)11-8-9-18-14(10-11)19-12-4-6-13(24-3)7-5-12/h4-10,22H,1-3H3,(H,18,19). The smallest absolute Gasteiger partial charge is 0.248 e. The number of aromatic nitrogens is 3. The van der Waals surface area contributed by atoms with E-state index in [1.165, 1.54) is 4.90 Å². The molecule has 3 rings (SSSR count). The SMILES string of the molecule is CSc1ccc(Nc2cc(-c3nnc(C(C)(C)O)o3)ccn2)cc1. The number of hydrogen-bond donors (Lipinski definition) is 2. The van der Waals surface area contributed by atoms with E-state index >= 15 is 0 Å². The molecular weight excluding hydrogens is 324 g/mol. The quantitative estimate of drug-likeness (QED) is 0.682. The monoisotopic (exact) mass is 342 g/mol. The van der Waals surface area contributed by atoms with E-state index in [-0.39, 0.29) is 5.89 Å². The molecule has 0 saturated heterocycles. The third-order valence-corrected chi connectivity index (χ3v) is 4.06. The van der Waals surface area contributed by atoms with Crippen LogP contribution in [-0.2, 0) is 5.60 Å². The van der Waals surface area contributed by atoms with Gasteiger partial charge in [0.15, 0.2) is 0 Å². The average Bonchev–Trinajstić information content (AvgIpc) is 3.06. The number of thioether (sulfide) groups is 1. The van der Waals surface area contributed by atoms with Crippen LogP contribution in [-0.4, -0.2) is 26.5 Å². The van der Waals surface area contributed by atoms with Gasteiger partial charge in [0.2, 0.25) is 11.8 Å². The molecule has 24 heavy (non-hydrogen) atoms. The first kappa shape index (κ1) is 16.5. The van der Waals surface area contributed by atoms with Crippen LogP contribution >= 0.6 is 11.8 Å². The van der Waals surface area contributed by atoms with Crippen molar-refractivity contribution in [2.45, 2.75) is 24.3 Å². The fourth-order valence-electron chi connectivity index (χ4n) is 2.04. The Morgan fingerprint density at radius 3 is 2.50 bits per heavy atom. The van der Waals surface area contributed by atoms with Crippen LogP contribution in [0.25, 0.3) is 11.5 Å². The molecular formula is C17H18N4O2S. The Morgan fingerprint density at radius 1 is 1.12 bits per heavy atom. The van der Waals surface area contributed by atoms with Gasteiger partial charge in [-0.15, -0.1) is 22.0 Å². The van der Waals surface area contributed by atoms with E-state index in [2.05, 4.69) is 20.5 Å². The van der Waals surface area contributed by atoms with Gasteiger partial charge in [-0.3, -0.25) is 0 Å². The lowest BCUT2D eigenvalue weighted by Crippen LogP contribution is -2.15. The van der Waals surface area contributed by atoms with Gasteiger partial charge in [-0.2, -0.15) is 0 Å². The summed E-state index contributed by atoms with van der Waals surface area (Å²) in [6.07, 6.45) is 3.71. The van der Waals surface area contributed by atoms with Crippen molar-refractivity contribution in [1.82, 2.24) is 15.2 Å². The van der Waals surface area contributed by atoms with E-state index in [1.807, 2.05) is 36.6 Å². The Labute approximate surface area is 144 Å². The normalized spacial score (nSPS) is 11.5. The Balaban J connectivity index is 1.82. The number of nitrogens with zero attached hydrogens (tertiary/aromatic N) is 3. The van der Waals surface area contributed by atoms with E-state index in [0.717, 1.165) is 11.3 Å². The minimum absolute atomic E-state index is 0.177. The zero-order valence-electron chi connectivity index (χ0n) is 13.6. The van der Waals surface area contributed by atoms with Crippen molar-refractivity contribution in [1.29, 1.82) is 0 Å². The summed E-state index contributed by atoms with van der Waals surface area (Å²) in [5, 5.41) is 21.0. The van der Waals surface area contributed by atoms with Crippen LogP contribution in [0.4, 0.5) is 11.5 Å². The summed E-state index contributed by atoms with van der Waals surface area (Å²) in [5.74, 6) is 1.19. The zero-order valence-corrected chi connectivity index (χ0v) is 14.5. The number of nitrogens with one attached hydrogen (secondary N) is 1. The van der Waals surface area contributed by atoms with Gasteiger partial charge >= 0.3 is 0 Å². The molecule has 0 unspecified atom stereocenters. The molecule has 3 aromatic rings. The van der Waals surface area contributed by atoms with E-state index in [4.69, 9.17) is 4.42 Å². The van der Waals surface area contributed by atoms with Gasteiger partial charge in [-0.05, 0) is 56.5 Å². The van der Waals surface area contributed by atoms with Gasteiger partial charge in [-0.1, -0.05) is 0 Å². The van der Waals surface area contributed by atoms with Crippen LogP contribution in [0.15, 0.2) is 51.9 Å². The van der Waals surface area contributed by atoms with Crippen molar-refractivity contribution >= 4 is 23.3 Å². The highest BCUT2D eigenvalue weighted by molar-refractivity contribution is 7.98. The Kier molecular flexibility index (Phi) is 4.55. The Morgan fingerprint density at radius 2 is 1.88 bits per heavy atom. The van der Waals surface area contributed by atoms with Gasteiger partial charge in [0.25, 0.3) is 0 Å².